The predicted octanol–water partition coefficient (Wildman–Crippen LogP) is 2.60. The van der Waals surface area contributed by atoms with Gasteiger partial charge in [0.25, 0.3) is 0 Å². The van der Waals surface area contributed by atoms with E-state index in [1.54, 1.807) is 7.11 Å². The minimum atomic E-state index is -0.880. The highest BCUT2D eigenvalue weighted by atomic mass is 79.9. The number of rotatable bonds is 6. The normalized spacial score (nSPS) is 14.1. The van der Waals surface area contributed by atoms with Gasteiger partial charge in [-0.05, 0) is 18.2 Å². The molecule has 2 atom stereocenters. The lowest BCUT2D eigenvalue weighted by atomic mass is 10.0. The molecule has 0 aliphatic carbocycles. The number of halogens is 1. The molecular weight excluding hydrogens is 286 g/mol. The summed E-state index contributed by atoms with van der Waals surface area (Å²) >= 11 is 3.34. The van der Waals surface area contributed by atoms with Crippen molar-refractivity contribution >= 4 is 27.6 Å². The molecule has 17 heavy (non-hydrogen) atoms. The second-order valence-corrected chi connectivity index (χ2v) is 4.82. The maximum Gasteiger partial charge on any atom is 0.326 e. The van der Waals surface area contributed by atoms with E-state index in [1.807, 2.05) is 31.2 Å². The molecule has 0 spiro atoms. The van der Waals surface area contributed by atoms with E-state index < -0.39 is 12.0 Å². The third-order valence-corrected chi connectivity index (χ3v) is 2.90. The second kappa shape index (κ2) is 6.61. The van der Waals surface area contributed by atoms with E-state index >= 15 is 0 Å². The largest absolute Gasteiger partial charge is 0.480 e. The molecule has 0 heterocycles. The number of methoxy groups -OCH3 is 1. The average Bonchev–Trinajstić information content (AvgIpc) is 2.26. The van der Waals surface area contributed by atoms with Crippen molar-refractivity contribution in [2.45, 2.75) is 13.0 Å². The molecule has 0 aliphatic rings. The Morgan fingerprint density at radius 1 is 1.59 bits per heavy atom. The highest BCUT2D eigenvalue weighted by Gasteiger charge is 2.24. The molecule has 1 rings (SSSR count). The molecule has 0 fully saturated rings. The first-order valence-electron chi connectivity index (χ1n) is 5.28. The first-order chi connectivity index (χ1) is 8.04. The van der Waals surface area contributed by atoms with Crippen LogP contribution in [-0.2, 0) is 9.53 Å². The Kier molecular flexibility index (Phi) is 5.44. The Morgan fingerprint density at radius 2 is 2.29 bits per heavy atom. The van der Waals surface area contributed by atoms with Crippen LogP contribution < -0.4 is 5.32 Å². The number of hydrogen-bond donors (Lipinski definition) is 2. The number of carboxylic acids is 1. The van der Waals surface area contributed by atoms with E-state index in [0.717, 1.165) is 10.2 Å². The molecule has 4 nitrogen and oxygen atoms in total. The van der Waals surface area contributed by atoms with Gasteiger partial charge in [-0.15, -0.1) is 0 Å². The van der Waals surface area contributed by atoms with Gasteiger partial charge in [-0.3, -0.25) is 0 Å². The van der Waals surface area contributed by atoms with Gasteiger partial charge in [0.15, 0.2) is 0 Å². The van der Waals surface area contributed by atoms with Crippen molar-refractivity contribution in [2.24, 2.45) is 5.92 Å². The van der Waals surface area contributed by atoms with Crippen LogP contribution in [0.5, 0.6) is 0 Å². The van der Waals surface area contributed by atoms with Gasteiger partial charge in [0.2, 0.25) is 0 Å². The molecule has 0 radical (unpaired) electrons. The van der Waals surface area contributed by atoms with Crippen LogP contribution in [0.25, 0.3) is 0 Å². The third-order valence-electron chi connectivity index (χ3n) is 2.41. The van der Waals surface area contributed by atoms with Crippen LogP contribution in [-0.4, -0.2) is 30.8 Å². The summed E-state index contributed by atoms with van der Waals surface area (Å²) in [5.74, 6) is -0.994. The van der Waals surface area contributed by atoms with Crippen LogP contribution in [0.15, 0.2) is 28.7 Å². The first-order valence-corrected chi connectivity index (χ1v) is 6.07. The van der Waals surface area contributed by atoms with E-state index in [2.05, 4.69) is 21.2 Å². The molecule has 0 saturated carbocycles. The highest BCUT2D eigenvalue weighted by Crippen LogP contribution is 2.18. The average molecular weight is 302 g/mol. The lowest BCUT2D eigenvalue weighted by Gasteiger charge is -2.21. The van der Waals surface area contributed by atoms with Crippen LogP contribution in [0.3, 0.4) is 0 Å². The summed E-state index contributed by atoms with van der Waals surface area (Å²) in [6, 6.07) is 6.76. The number of hydrogen-bond acceptors (Lipinski definition) is 3. The van der Waals surface area contributed by atoms with E-state index in [4.69, 9.17) is 4.74 Å². The monoisotopic (exact) mass is 301 g/mol. The van der Waals surface area contributed by atoms with E-state index in [1.165, 1.54) is 0 Å². The zero-order valence-electron chi connectivity index (χ0n) is 9.81. The van der Waals surface area contributed by atoms with Crippen molar-refractivity contribution in [3.63, 3.8) is 0 Å². The fourth-order valence-corrected chi connectivity index (χ4v) is 1.96. The smallest absolute Gasteiger partial charge is 0.326 e. The van der Waals surface area contributed by atoms with Crippen molar-refractivity contribution in [3.8, 4) is 0 Å². The number of carbonyl (C=O) groups is 1. The summed E-state index contributed by atoms with van der Waals surface area (Å²) in [5, 5.41) is 12.2. The Morgan fingerprint density at radius 3 is 2.82 bits per heavy atom. The van der Waals surface area contributed by atoms with Crippen molar-refractivity contribution < 1.29 is 14.6 Å². The second-order valence-electron chi connectivity index (χ2n) is 3.90. The SMILES string of the molecule is COCC(C)C(Nc1cccc(Br)c1)C(=O)O. The summed E-state index contributed by atoms with van der Waals surface area (Å²) in [4.78, 5) is 11.2. The van der Waals surface area contributed by atoms with Crippen LogP contribution in [0.2, 0.25) is 0 Å². The van der Waals surface area contributed by atoms with Gasteiger partial charge < -0.3 is 15.2 Å². The Bertz CT molecular complexity index is 384. The molecule has 0 aromatic heterocycles. The van der Waals surface area contributed by atoms with E-state index in [-0.39, 0.29) is 5.92 Å². The van der Waals surface area contributed by atoms with Crippen LogP contribution in [0.4, 0.5) is 5.69 Å². The van der Waals surface area contributed by atoms with Crippen molar-refractivity contribution in [1.82, 2.24) is 0 Å². The molecule has 0 amide bonds. The molecular formula is C12H16BrNO3. The van der Waals surface area contributed by atoms with Gasteiger partial charge in [-0.2, -0.15) is 0 Å². The van der Waals surface area contributed by atoms with Crippen LogP contribution in [0, 0.1) is 5.92 Å². The molecule has 0 aliphatic heterocycles. The molecule has 0 bridgehead atoms. The number of anilines is 1. The van der Waals surface area contributed by atoms with Gasteiger partial charge >= 0.3 is 5.97 Å². The fourth-order valence-electron chi connectivity index (χ4n) is 1.56. The summed E-state index contributed by atoms with van der Waals surface area (Å²) in [7, 11) is 1.56. The maximum absolute atomic E-state index is 11.2. The number of benzene rings is 1. The zero-order valence-corrected chi connectivity index (χ0v) is 11.4. The number of nitrogens with one attached hydrogen (secondary N) is 1. The standard InChI is InChI=1S/C12H16BrNO3/c1-8(7-17-2)11(12(15)16)14-10-5-3-4-9(13)6-10/h3-6,8,11,14H,7H2,1-2H3,(H,15,16). The van der Waals surface area contributed by atoms with E-state index in [0.29, 0.717) is 6.61 Å². The van der Waals surface area contributed by atoms with Crippen molar-refractivity contribution in [3.05, 3.63) is 28.7 Å². The number of aliphatic carboxylic acids is 1. The molecule has 1 aromatic rings. The van der Waals surface area contributed by atoms with Crippen molar-refractivity contribution in [1.29, 1.82) is 0 Å². The minimum Gasteiger partial charge on any atom is -0.480 e. The lowest BCUT2D eigenvalue weighted by molar-refractivity contribution is -0.139. The summed E-state index contributed by atoms with van der Waals surface area (Å²) in [5.41, 5.74) is 0.773. The predicted molar refractivity (Wildman–Crippen MR) is 70.2 cm³/mol. The zero-order chi connectivity index (χ0) is 12.8. The third kappa shape index (κ3) is 4.36. The Balaban J connectivity index is 2.76. The fraction of sp³-hybridized carbons (Fsp3) is 0.417. The molecule has 1 aromatic carbocycles. The Hall–Kier alpha value is -1.07. The van der Waals surface area contributed by atoms with Gasteiger partial charge in [0.1, 0.15) is 6.04 Å². The minimum absolute atomic E-state index is 0.114. The summed E-state index contributed by atoms with van der Waals surface area (Å²) in [6.45, 7) is 2.24. The van der Waals surface area contributed by atoms with Gasteiger partial charge in [0, 0.05) is 23.2 Å². The molecule has 94 valence electrons. The van der Waals surface area contributed by atoms with Crippen LogP contribution in [0.1, 0.15) is 6.92 Å². The lowest BCUT2D eigenvalue weighted by Crippen LogP contribution is -2.37. The Labute approximate surface area is 109 Å². The van der Waals surface area contributed by atoms with Gasteiger partial charge in [0.05, 0.1) is 6.61 Å². The summed E-state index contributed by atoms with van der Waals surface area (Å²) < 4.78 is 5.89. The molecule has 0 saturated heterocycles. The quantitative estimate of drug-likeness (QED) is 0.848. The van der Waals surface area contributed by atoms with Crippen molar-refractivity contribution in [2.75, 3.05) is 19.0 Å². The number of carboxylic acid groups (broad SMARTS) is 1. The molecule has 2 N–H and O–H groups in total. The highest BCUT2D eigenvalue weighted by molar-refractivity contribution is 9.10. The van der Waals surface area contributed by atoms with Gasteiger partial charge in [-0.1, -0.05) is 28.9 Å². The van der Waals surface area contributed by atoms with Gasteiger partial charge in [-0.25, -0.2) is 4.79 Å². The van der Waals surface area contributed by atoms with E-state index in [9.17, 15) is 9.90 Å². The summed E-state index contributed by atoms with van der Waals surface area (Å²) in [6.07, 6.45) is 0. The van der Waals surface area contributed by atoms with Crippen LogP contribution >= 0.6 is 15.9 Å². The number of ether oxygens (including phenoxy) is 1. The maximum atomic E-state index is 11.2. The molecule has 5 heteroatoms. The topological polar surface area (TPSA) is 58.6 Å². The molecule has 2 unspecified atom stereocenters. The first kappa shape index (κ1) is 14.0.